The molecule has 110 valence electrons. The van der Waals surface area contributed by atoms with E-state index in [0.29, 0.717) is 13.0 Å². The molecule has 6 nitrogen and oxygen atoms in total. The van der Waals surface area contributed by atoms with Gasteiger partial charge in [0, 0.05) is 11.8 Å². The summed E-state index contributed by atoms with van der Waals surface area (Å²) in [5, 5.41) is 13.9. The van der Waals surface area contributed by atoms with Crippen molar-refractivity contribution in [3.8, 4) is 5.75 Å². The first-order chi connectivity index (χ1) is 9.53. The zero-order chi connectivity index (χ0) is 15.1. The van der Waals surface area contributed by atoms with E-state index in [-0.39, 0.29) is 17.3 Å². The number of carbonyl (C=O) groups is 1. The van der Waals surface area contributed by atoms with Crippen molar-refractivity contribution in [3.63, 3.8) is 0 Å². The monoisotopic (exact) mass is 283 g/mol. The van der Waals surface area contributed by atoms with Gasteiger partial charge in [0.1, 0.15) is 0 Å². The Morgan fingerprint density at radius 1 is 1.55 bits per heavy atom. The summed E-state index contributed by atoms with van der Waals surface area (Å²) in [6.45, 7) is 3.82. The van der Waals surface area contributed by atoms with Crippen LogP contribution in [0.15, 0.2) is 23.4 Å². The molecule has 20 heavy (non-hydrogen) atoms. The van der Waals surface area contributed by atoms with Crippen molar-refractivity contribution in [2.24, 2.45) is 16.8 Å². The van der Waals surface area contributed by atoms with E-state index in [4.69, 9.17) is 15.7 Å². The summed E-state index contributed by atoms with van der Waals surface area (Å²) in [6.07, 6.45) is 0.362. The van der Waals surface area contributed by atoms with Gasteiger partial charge in [-0.05, 0) is 25.5 Å². The molecule has 7 heteroatoms. The summed E-state index contributed by atoms with van der Waals surface area (Å²) < 4.78 is 18.7. The predicted molar refractivity (Wildman–Crippen MR) is 73.4 cm³/mol. The van der Waals surface area contributed by atoms with E-state index in [1.165, 1.54) is 12.1 Å². The maximum absolute atomic E-state index is 13.6. The standard InChI is InChI=1S/C13H18FN3O3/c1-3-9(12(15)17-19)13(18)16-8-5-6-11(20-4-2)10(14)7-8/h5-7,9,19H,3-4H2,1-2H3,(H2,15,17)(H,16,18). The molecule has 0 bridgehead atoms. The number of nitrogens with two attached hydrogens (primary N) is 1. The summed E-state index contributed by atoms with van der Waals surface area (Å²) >= 11 is 0. The summed E-state index contributed by atoms with van der Waals surface area (Å²) in [4.78, 5) is 11.9. The number of hydrogen-bond donors (Lipinski definition) is 3. The Morgan fingerprint density at radius 2 is 2.25 bits per heavy atom. The van der Waals surface area contributed by atoms with Crippen molar-refractivity contribution in [2.75, 3.05) is 11.9 Å². The van der Waals surface area contributed by atoms with Gasteiger partial charge in [-0.3, -0.25) is 4.79 Å². The lowest BCUT2D eigenvalue weighted by molar-refractivity contribution is -0.118. The molecule has 0 aliphatic carbocycles. The number of nitrogens with zero attached hydrogens (tertiary/aromatic N) is 1. The van der Waals surface area contributed by atoms with Gasteiger partial charge in [0.2, 0.25) is 5.91 Å². The highest BCUT2D eigenvalue weighted by Crippen LogP contribution is 2.21. The van der Waals surface area contributed by atoms with Crippen molar-refractivity contribution < 1.29 is 19.1 Å². The van der Waals surface area contributed by atoms with Gasteiger partial charge in [0.05, 0.1) is 12.5 Å². The molecule has 0 saturated carbocycles. The first kappa shape index (κ1) is 15.7. The Kier molecular flexibility index (Phi) is 5.76. The second kappa shape index (κ2) is 7.32. The van der Waals surface area contributed by atoms with Gasteiger partial charge in [-0.15, -0.1) is 0 Å². The second-order valence-electron chi connectivity index (χ2n) is 4.05. The lowest BCUT2D eigenvalue weighted by Gasteiger charge is -2.14. The van der Waals surface area contributed by atoms with E-state index in [0.717, 1.165) is 6.07 Å². The molecule has 0 aromatic heterocycles. The molecule has 1 aromatic rings. The SMILES string of the molecule is CCOc1ccc(NC(=O)C(CC)/C(N)=N/O)cc1F. The maximum Gasteiger partial charge on any atom is 0.235 e. The Hall–Kier alpha value is -2.31. The lowest BCUT2D eigenvalue weighted by atomic mass is 10.0. The Bertz CT molecular complexity index is 506. The molecule has 0 aliphatic heterocycles. The molecule has 0 spiro atoms. The van der Waals surface area contributed by atoms with Gasteiger partial charge < -0.3 is 21.0 Å². The molecule has 4 N–H and O–H groups in total. The molecule has 0 heterocycles. The average Bonchev–Trinajstić information content (AvgIpc) is 2.42. The van der Waals surface area contributed by atoms with E-state index in [1.54, 1.807) is 13.8 Å². The number of carbonyl (C=O) groups excluding carboxylic acids is 1. The van der Waals surface area contributed by atoms with Crippen molar-refractivity contribution in [3.05, 3.63) is 24.0 Å². The maximum atomic E-state index is 13.6. The topological polar surface area (TPSA) is 96.9 Å². The normalized spacial score (nSPS) is 12.8. The highest BCUT2D eigenvalue weighted by Gasteiger charge is 2.21. The van der Waals surface area contributed by atoms with Crippen LogP contribution in [0.2, 0.25) is 0 Å². The number of benzene rings is 1. The summed E-state index contributed by atoms with van der Waals surface area (Å²) in [5.41, 5.74) is 5.70. The van der Waals surface area contributed by atoms with Crippen molar-refractivity contribution in [2.45, 2.75) is 20.3 Å². The number of ether oxygens (including phenoxy) is 1. The minimum atomic E-state index is -0.769. The number of amidine groups is 1. The van der Waals surface area contributed by atoms with Crippen LogP contribution in [0.25, 0.3) is 0 Å². The first-order valence-electron chi connectivity index (χ1n) is 6.24. The third kappa shape index (κ3) is 3.84. The van der Waals surface area contributed by atoms with Gasteiger partial charge in [-0.2, -0.15) is 0 Å². The fourth-order valence-electron chi connectivity index (χ4n) is 1.68. The highest BCUT2D eigenvalue weighted by atomic mass is 19.1. The molecule has 0 saturated heterocycles. The van der Waals surface area contributed by atoms with Gasteiger partial charge in [0.15, 0.2) is 17.4 Å². The average molecular weight is 283 g/mol. The smallest absolute Gasteiger partial charge is 0.235 e. The van der Waals surface area contributed by atoms with Crippen LogP contribution in [0.3, 0.4) is 0 Å². The molecule has 0 aliphatic rings. The molecular weight excluding hydrogens is 265 g/mol. The van der Waals surface area contributed by atoms with Crippen LogP contribution in [-0.4, -0.2) is 23.6 Å². The molecular formula is C13H18FN3O3. The Balaban J connectivity index is 2.82. The van der Waals surface area contributed by atoms with Crippen LogP contribution in [-0.2, 0) is 4.79 Å². The number of hydrogen-bond acceptors (Lipinski definition) is 4. The third-order valence-electron chi connectivity index (χ3n) is 2.70. The van der Waals surface area contributed by atoms with Gasteiger partial charge in [0.25, 0.3) is 0 Å². The van der Waals surface area contributed by atoms with Gasteiger partial charge >= 0.3 is 0 Å². The predicted octanol–water partition coefficient (Wildman–Crippen LogP) is 1.94. The van der Waals surface area contributed by atoms with Crippen LogP contribution < -0.4 is 15.8 Å². The van der Waals surface area contributed by atoms with Gasteiger partial charge in [-0.1, -0.05) is 12.1 Å². The third-order valence-corrected chi connectivity index (χ3v) is 2.70. The quantitative estimate of drug-likeness (QED) is 0.321. The fraction of sp³-hybridized carbons (Fsp3) is 0.385. The minimum Gasteiger partial charge on any atom is -0.491 e. The van der Waals surface area contributed by atoms with E-state index in [9.17, 15) is 9.18 Å². The minimum absolute atomic E-state index is 0.119. The summed E-state index contributed by atoms with van der Waals surface area (Å²) in [7, 11) is 0. The van der Waals surface area contributed by atoms with Crippen molar-refractivity contribution in [1.29, 1.82) is 0 Å². The van der Waals surface area contributed by atoms with Crippen LogP contribution in [0.1, 0.15) is 20.3 Å². The van der Waals surface area contributed by atoms with E-state index in [1.807, 2.05) is 0 Å². The van der Waals surface area contributed by atoms with E-state index < -0.39 is 17.6 Å². The Labute approximate surface area is 116 Å². The molecule has 1 amide bonds. The largest absolute Gasteiger partial charge is 0.491 e. The van der Waals surface area contributed by atoms with Crippen LogP contribution in [0, 0.1) is 11.7 Å². The molecule has 1 rings (SSSR count). The van der Waals surface area contributed by atoms with Crippen molar-refractivity contribution >= 4 is 17.4 Å². The Morgan fingerprint density at radius 3 is 2.75 bits per heavy atom. The highest BCUT2D eigenvalue weighted by molar-refractivity contribution is 6.07. The van der Waals surface area contributed by atoms with Crippen LogP contribution in [0.5, 0.6) is 5.75 Å². The molecule has 1 atom stereocenters. The number of halogens is 1. The lowest BCUT2D eigenvalue weighted by Crippen LogP contribution is -2.34. The zero-order valence-corrected chi connectivity index (χ0v) is 11.4. The summed E-state index contributed by atoms with van der Waals surface area (Å²) in [5.74, 6) is -1.87. The van der Waals surface area contributed by atoms with E-state index >= 15 is 0 Å². The zero-order valence-electron chi connectivity index (χ0n) is 11.4. The van der Waals surface area contributed by atoms with Crippen LogP contribution in [0.4, 0.5) is 10.1 Å². The fourth-order valence-corrected chi connectivity index (χ4v) is 1.68. The van der Waals surface area contributed by atoms with Gasteiger partial charge in [-0.25, -0.2) is 4.39 Å². The second-order valence-corrected chi connectivity index (χ2v) is 4.05. The first-order valence-corrected chi connectivity index (χ1v) is 6.24. The van der Waals surface area contributed by atoms with Crippen molar-refractivity contribution in [1.82, 2.24) is 0 Å². The van der Waals surface area contributed by atoms with E-state index in [2.05, 4.69) is 10.5 Å². The molecule has 0 radical (unpaired) electrons. The number of amides is 1. The van der Waals surface area contributed by atoms with Crippen LogP contribution >= 0.6 is 0 Å². The number of nitrogens with one attached hydrogen (secondary N) is 1. The number of anilines is 1. The molecule has 0 fully saturated rings. The molecule has 1 unspecified atom stereocenters. The number of oxime groups is 1. The number of rotatable bonds is 6. The summed E-state index contributed by atoms with van der Waals surface area (Å²) in [6, 6.07) is 4.10. The molecule has 1 aromatic carbocycles.